The van der Waals surface area contributed by atoms with Crippen molar-refractivity contribution < 1.29 is 5.11 Å². The summed E-state index contributed by atoms with van der Waals surface area (Å²) in [7, 11) is 0. The van der Waals surface area contributed by atoms with E-state index in [1.54, 1.807) is 6.20 Å². The van der Waals surface area contributed by atoms with Crippen LogP contribution in [0.25, 0.3) is 28.2 Å². The van der Waals surface area contributed by atoms with Crippen molar-refractivity contribution in [1.82, 2.24) is 35.0 Å². The summed E-state index contributed by atoms with van der Waals surface area (Å²) in [6.07, 6.45) is 4.35. The van der Waals surface area contributed by atoms with Gasteiger partial charge in [-0.2, -0.15) is 5.10 Å². The van der Waals surface area contributed by atoms with Gasteiger partial charge < -0.3 is 10.4 Å². The first-order valence-corrected chi connectivity index (χ1v) is 8.83. The fraction of sp³-hybridized carbons (Fsp3) is 0.263. The predicted octanol–water partition coefficient (Wildman–Crippen LogP) is 2.24. The highest BCUT2D eigenvalue weighted by Gasteiger charge is 2.13. The van der Waals surface area contributed by atoms with E-state index in [-0.39, 0.29) is 0 Å². The third-order valence-corrected chi connectivity index (χ3v) is 4.28. The summed E-state index contributed by atoms with van der Waals surface area (Å²) in [5.74, 6) is 0.711. The molecule has 4 aromatic rings. The number of fused-ring (bicyclic) bond motifs is 1. The van der Waals surface area contributed by atoms with E-state index in [0.29, 0.717) is 24.1 Å². The van der Waals surface area contributed by atoms with Gasteiger partial charge in [0.15, 0.2) is 11.5 Å². The number of aromatic nitrogens is 6. The summed E-state index contributed by atoms with van der Waals surface area (Å²) >= 11 is 0. The molecule has 0 saturated heterocycles. The van der Waals surface area contributed by atoms with Gasteiger partial charge in [-0.05, 0) is 18.2 Å². The van der Waals surface area contributed by atoms with Gasteiger partial charge in [0.25, 0.3) is 0 Å². The van der Waals surface area contributed by atoms with Crippen molar-refractivity contribution in [1.29, 1.82) is 0 Å². The molecular weight excluding hydrogens is 342 g/mol. The summed E-state index contributed by atoms with van der Waals surface area (Å²) < 4.78 is 1.96. The topological polar surface area (TPSA) is 105 Å². The standard InChI is InChI=1S/C19H21N7O/c1-12(2)20-10-17(27)16-9-21-19-15(24-16)6-7-26(19)14-5-3-4-13(8-14)18-22-11-23-25-18/h3-9,11-12,17,20,27H,10H2,1-2H3,(H,22,23,25)/t17-/m1/s1. The highest BCUT2D eigenvalue weighted by atomic mass is 16.3. The number of aliphatic hydroxyl groups is 1. The minimum absolute atomic E-state index is 0.300. The third kappa shape index (κ3) is 3.57. The number of aliphatic hydroxyl groups excluding tert-OH is 1. The van der Waals surface area contributed by atoms with Crippen molar-refractivity contribution in [3.8, 4) is 17.1 Å². The fourth-order valence-corrected chi connectivity index (χ4v) is 2.89. The number of hydrogen-bond acceptors (Lipinski definition) is 6. The van der Waals surface area contributed by atoms with Gasteiger partial charge >= 0.3 is 0 Å². The Balaban J connectivity index is 1.65. The lowest BCUT2D eigenvalue weighted by Gasteiger charge is -2.13. The first kappa shape index (κ1) is 17.3. The molecule has 0 fully saturated rings. The van der Waals surface area contributed by atoms with E-state index in [1.807, 2.05) is 54.9 Å². The zero-order chi connectivity index (χ0) is 18.8. The van der Waals surface area contributed by atoms with E-state index in [0.717, 1.165) is 22.4 Å². The Bertz CT molecular complexity index is 1040. The maximum atomic E-state index is 10.3. The smallest absolute Gasteiger partial charge is 0.163 e. The molecule has 0 radical (unpaired) electrons. The van der Waals surface area contributed by atoms with Crippen LogP contribution in [0, 0.1) is 0 Å². The lowest BCUT2D eigenvalue weighted by atomic mass is 10.2. The van der Waals surface area contributed by atoms with Crippen LogP contribution in [-0.2, 0) is 0 Å². The van der Waals surface area contributed by atoms with Crippen LogP contribution in [0.1, 0.15) is 25.6 Å². The summed E-state index contributed by atoms with van der Waals surface area (Å²) in [6, 6.07) is 10.1. The largest absolute Gasteiger partial charge is 0.385 e. The molecule has 3 heterocycles. The second-order valence-corrected chi connectivity index (χ2v) is 6.65. The number of aromatic amines is 1. The molecule has 8 heteroatoms. The molecule has 0 amide bonds. The van der Waals surface area contributed by atoms with Crippen LogP contribution in [0.2, 0.25) is 0 Å². The molecule has 0 aliphatic rings. The molecule has 1 atom stereocenters. The van der Waals surface area contributed by atoms with Crippen molar-refractivity contribution in [3.63, 3.8) is 0 Å². The second kappa shape index (κ2) is 7.26. The number of benzene rings is 1. The quantitative estimate of drug-likeness (QED) is 0.485. The molecule has 0 aliphatic heterocycles. The number of H-pyrrole nitrogens is 1. The van der Waals surface area contributed by atoms with Gasteiger partial charge in [-0.3, -0.25) is 9.67 Å². The molecule has 4 rings (SSSR count). The summed E-state index contributed by atoms with van der Waals surface area (Å²) in [6.45, 7) is 4.51. The van der Waals surface area contributed by atoms with E-state index in [1.165, 1.54) is 6.33 Å². The van der Waals surface area contributed by atoms with Gasteiger partial charge in [0.2, 0.25) is 0 Å². The van der Waals surface area contributed by atoms with E-state index >= 15 is 0 Å². The average molecular weight is 363 g/mol. The van der Waals surface area contributed by atoms with Gasteiger partial charge in [-0.15, -0.1) is 0 Å². The van der Waals surface area contributed by atoms with Crippen molar-refractivity contribution in [2.45, 2.75) is 26.0 Å². The monoisotopic (exact) mass is 363 g/mol. The van der Waals surface area contributed by atoms with Crippen LogP contribution in [0.5, 0.6) is 0 Å². The predicted molar refractivity (Wildman–Crippen MR) is 102 cm³/mol. The first-order valence-electron chi connectivity index (χ1n) is 8.83. The maximum Gasteiger partial charge on any atom is 0.163 e. The van der Waals surface area contributed by atoms with Crippen LogP contribution in [0.15, 0.2) is 49.1 Å². The van der Waals surface area contributed by atoms with Gasteiger partial charge in [-0.25, -0.2) is 15.0 Å². The molecule has 0 bridgehead atoms. The Labute approximate surface area is 156 Å². The van der Waals surface area contributed by atoms with Gasteiger partial charge in [-0.1, -0.05) is 26.0 Å². The van der Waals surface area contributed by atoms with Crippen molar-refractivity contribution >= 4 is 11.2 Å². The van der Waals surface area contributed by atoms with Crippen LogP contribution in [0.3, 0.4) is 0 Å². The van der Waals surface area contributed by atoms with Crippen LogP contribution < -0.4 is 5.32 Å². The minimum Gasteiger partial charge on any atom is -0.385 e. The maximum absolute atomic E-state index is 10.3. The zero-order valence-electron chi connectivity index (χ0n) is 15.2. The van der Waals surface area contributed by atoms with E-state index in [9.17, 15) is 5.11 Å². The van der Waals surface area contributed by atoms with Crippen molar-refractivity contribution in [3.05, 3.63) is 54.7 Å². The second-order valence-electron chi connectivity index (χ2n) is 6.65. The van der Waals surface area contributed by atoms with Gasteiger partial charge in [0.05, 0.1) is 11.9 Å². The minimum atomic E-state index is -0.692. The van der Waals surface area contributed by atoms with Crippen molar-refractivity contribution in [2.75, 3.05) is 6.54 Å². The Hall–Kier alpha value is -3.10. The summed E-state index contributed by atoms with van der Waals surface area (Å²) in [5.41, 5.74) is 3.91. The molecule has 138 valence electrons. The lowest BCUT2D eigenvalue weighted by Crippen LogP contribution is -2.28. The zero-order valence-corrected chi connectivity index (χ0v) is 15.2. The number of nitrogens with one attached hydrogen (secondary N) is 2. The van der Waals surface area contributed by atoms with Crippen molar-refractivity contribution in [2.24, 2.45) is 0 Å². The van der Waals surface area contributed by atoms with Gasteiger partial charge in [0.1, 0.15) is 17.9 Å². The van der Waals surface area contributed by atoms with Crippen LogP contribution >= 0.6 is 0 Å². The van der Waals surface area contributed by atoms with E-state index in [2.05, 4.69) is 30.5 Å². The Kier molecular flexibility index (Phi) is 4.66. The van der Waals surface area contributed by atoms with Gasteiger partial charge in [0, 0.05) is 30.0 Å². The summed E-state index contributed by atoms with van der Waals surface area (Å²) in [4.78, 5) is 13.3. The molecule has 8 nitrogen and oxygen atoms in total. The average Bonchev–Trinajstić information content (AvgIpc) is 3.35. The highest BCUT2D eigenvalue weighted by Crippen LogP contribution is 2.22. The van der Waals surface area contributed by atoms with Crippen LogP contribution in [0.4, 0.5) is 0 Å². The third-order valence-electron chi connectivity index (χ3n) is 4.28. The van der Waals surface area contributed by atoms with E-state index in [4.69, 9.17) is 0 Å². The van der Waals surface area contributed by atoms with E-state index < -0.39 is 6.10 Å². The number of nitrogens with zero attached hydrogens (tertiary/aromatic N) is 5. The highest BCUT2D eigenvalue weighted by molar-refractivity contribution is 5.74. The number of rotatable bonds is 6. The molecule has 3 N–H and O–H groups in total. The molecule has 0 aliphatic carbocycles. The Morgan fingerprint density at radius 1 is 1.22 bits per heavy atom. The lowest BCUT2D eigenvalue weighted by molar-refractivity contribution is 0.167. The first-order chi connectivity index (χ1) is 13.1. The molecular formula is C19H21N7O. The summed E-state index contributed by atoms with van der Waals surface area (Å²) in [5, 5.41) is 20.3. The molecule has 0 unspecified atom stereocenters. The number of hydrogen-bond donors (Lipinski definition) is 3. The Morgan fingerprint density at radius 2 is 2.11 bits per heavy atom. The molecule has 0 spiro atoms. The van der Waals surface area contributed by atoms with Crippen LogP contribution in [-0.4, -0.2) is 47.4 Å². The SMILES string of the molecule is CC(C)NC[C@@H](O)c1cnc2c(ccn2-c2cccc(-c3ncn[nH]3)c2)n1. The molecule has 3 aromatic heterocycles. The fourth-order valence-electron chi connectivity index (χ4n) is 2.89. The molecule has 27 heavy (non-hydrogen) atoms. The normalized spacial score (nSPS) is 12.7. The molecule has 1 aromatic carbocycles. The molecule has 0 saturated carbocycles. The Morgan fingerprint density at radius 3 is 2.89 bits per heavy atom.